The molecule has 2 fully saturated rings. The number of methoxy groups -OCH3 is 1. The van der Waals surface area contributed by atoms with E-state index in [4.69, 9.17) is 4.74 Å². The normalized spacial score (nSPS) is 20.2. The van der Waals surface area contributed by atoms with Crippen molar-refractivity contribution in [1.82, 2.24) is 20.2 Å². The molecular weight excluding hydrogens is 564 g/mol. The Kier molecular flexibility index (Phi) is 7.18. The first-order valence-electron chi connectivity index (χ1n) is 12.1. The van der Waals surface area contributed by atoms with Gasteiger partial charge in [0, 0.05) is 0 Å². The third kappa shape index (κ3) is 5.41. The predicted octanol–water partition coefficient (Wildman–Crippen LogP) is 2.18. The molecule has 1 aromatic carbocycles. The van der Waals surface area contributed by atoms with E-state index < -0.39 is 20.0 Å². The summed E-state index contributed by atoms with van der Waals surface area (Å²) in [5.41, 5.74) is 1.47. The van der Waals surface area contributed by atoms with Gasteiger partial charge in [-0.3, -0.25) is 0 Å². The Balaban J connectivity index is 1.42. The number of anilines is 2. The molecule has 2 aliphatic rings. The van der Waals surface area contributed by atoms with Gasteiger partial charge in [0.25, 0.3) is 0 Å². The van der Waals surface area contributed by atoms with Crippen molar-refractivity contribution in [2.24, 2.45) is 5.92 Å². The number of pyridine rings is 1. The number of halogens is 3. The molecule has 1 aliphatic heterocycles. The van der Waals surface area contributed by atoms with Gasteiger partial charge in [-0.15, -0.1) is 0 Å². The van der Waals surface area contributed by atoms with E-state index in [9.17, 15) is 18.0 Å². The second-order valence-corrected chi connectivity index (χ2v) is 11.5. The molecule has 0 spiro atoms. The average Bonchev–Trinajstić information content (AvgIpc) is 3.52. The number of piperidine rings is 1. The molecule has 8 nitrogen and oxygen atoms in total. The Morgan fingerprint density at radius 2 is 2.18 bits per heavy atom. The van der Waals surface area contributed by atoms with E-state index in [0.717, 1.165) is 25.9 Å². The predicted molar refractivity (Wildman–Crippen MR) is 140 cm³/mol. The first-order valence-corrected chi connectivity index (χ1v) is 13.8. The van der Waals surface area contributed by atoms with Gasteiger partial charge in [0.2, 0.25) is 0 Å². The molecule has 12 heteroatoms. The van der Waals surface area contributed by atoms with E-state index in [-0.39, 0.29) is 28.1 Å². The van der Waals surface area contributed by atoms with Crippen LogP contribution in [0.25, 0.3) is 5.52 Å². The number of fused-ring (bicyclic) bond motifs is 2. The van der Waals surface area contributed by atoms with Crippen LogP contribution in [0.3, 0.4) is 0 Å². The third-order valence-corrected chi connectivity index (χ3v) is 8.60. The Labute approximate surface area is 224 Å². The fraction of sp³-hybridized carbons (Fsp3) is 0.385. The first kappa shape index (κ1) is 26.2. The Hall–Kier alpha value is -3.39. The molecule has 2 unspecified atom stereocenters. The third-order valence-electron chi connectivity index (χ3n) is 6.84. The summed E-state index contributed by atoms with van der Waals surface area (Å²) in [6, 6.07) is 10.2. The zero-order valence-electron chi connectivity index (χ0n) is 20.8. The van der Waals surface area contributed by atoms with Crippen LogP contribution in [0.15, 0.2) is 36.4 Å². The van der Waals surface area contributed by atoms with E-state index in [1.165, 1.54) is 14.2 Å². The molecule has 2 atom stereocenters. The summed E-state index contributed by atoms with van der Waals surface area (Å²) in [5.74, 6) is 7.17. The molecule has 1 saturated heterocycles. The number of amides is 1. The Morgan fingerprint density at radius 1 is 1.34 bits per heavy atom. The van der Waals surface area contributed by atoms with Gasteiger partial charge in [0.15, 0.2) is 0 Å². The van der Waals surface area contributed by atoms with Crippen LogP contribution in [-0.4, -0.2) is 74.9 Å². The van der Waals surface area contributed by atoms with Gasteiger partial charge < -0.3 is 0 Å². The van der Waals surface area contributed by atoms with E-state index in [1.807, 2.05) is 6.07 Å². The van der Waals surface area contributed by atoms with Gasteiger partial charge in [-0.25, -0.2) is 0 Å². The molecule has 0 bridgehead atoms. The van der Waals surface area contributed by atoms with Crippen LogP contribution in [0.5, 0.6) is 5.75 Å². The second kappa shape index (κ2) is 10.4. The van der Waals surface area contributed by atoms with Gasteiger partial charge in [0.1, 0.15) is 0 Å². The van der Waals surface area contributed by atoms with Gasteiger partial charge in [-0.2, -0.15) is 0 Å². The van der Waals surface area contributed by atoms with Crippen LogP contribution in [0, 0.1) is 17.8 Å². The number of hydrogen-bond donors (Lipinski definition) is 4. The number of nitrogens with zero attached hydrogens (tertiary/aromatic N) is 2. The van der Waals surface area contributed by atoms with E-state index >= 15 is 0 Å². The van der Waals surface area contributed by atoms with Gasteiger partial charge in [-0.1, -0.05) is 0 Å². The second-order valence-electron chi connectivity index (χ2n) is 9.22. The summed E-state index contributed by atoms with van der Waals surface area (Å²) >= 11 is -1.81. The number of carbonyl (C=O) groups is 1. The molecule has 3 aromatic rings. The van der Waals surface area contributed by atoms with Crippen LogP contribution in [0.2, 0.25) is 0 Å². The SMILES string of the molecule is CNC(=O)c1ccc(OC)c(NCC#Cc2nn3c(NC45CCNCC4C5)cccc3c2[Se]C(F)(F)F)c1. The van der Waals surface area contributed by atoms with Crippen LogP contribution in [-0.2, 0) is 0 Å². The van der Waals surface area contributed by atoms with Crippen LogP contribution in [0.1, 0.15) is 28.9 Å². The van der Waals surface area contributed by atoms with Crippen molar-refractivity contribution in [2.75, 3.05) is 44.4 Å². The van der Waals surface area contributed by atoms with Crippen LogP contribution >= 0.6 is 0 Å². The minimum absolute atomic E-state index is 0.0289. The summed E-state index contributed by atoms with van der Waals surface area (Å²) in [7, 11) is 3.04. The standard InChI is InChI=1S/C26H27F3N6O2Se/c1-30-24(36)16-8-9-21(37-2)19(13-16)32-11-4-5-18-23(38-26(27,28)29)20-6-3-7-22(35(20)34-18)33-25-10-12-31-15-17(25)14-25/h3,6-9,13,17,31-33H,10-12,14-15H2,1-2H3,(H,30,36). The van der Waals surface area contributed by atoms with E-state index in [2.05, 4.69) is 38.2 Å². The topological polar surface area (TPSA) is 91.7 Å². The first-order chi connectivity index (χ1) is 18.2. The van der Waals surface area contributed by atoms with Crippen molar-refractivity contribution in [3.63, 3.8) is 0 Å². The average molecular weight is 591 g/mol. The number of alkyl halides is 3. The van der Waals surface area contributed by atoms with E-state index in [1.54, 1.807) is 34.8 Å². The van der Waals surface area contributed by atoms with Crippen molar-refractivity contribution >= 4 is 42.3 Å². The molecule has 1 aliphatic carbocycles. The van der Waals surface area contributed by atoms with Crippen LogP contribution in [0.4, 0.5) is 24.7 Å². The molecule has 1 amide bonds. The zero-order chi connectivity index (χ0) is 26.9. The summed E-state index contributed by atoms with van der Waals surface area (Å²) in [4.78, 5) is 12.0. The number of hydrogen-bond acceptors (Lipinski definition) is 6. The number of carbonyl (C=O) groups excluding carboxylic acids is 1. The molecule has 38 heavy (non-hydrogen) atoms. The summed E-state index contributed by atoms with van der Waals surface area (Å²) in [6.07, 6.45) is 1.98. The fourth-order valence-electron chi connectivity index (χ4n) is 4.85. The van der Waals surface area contributed by atoms with Gasteiger partial charge >= 0.3 is 224 Å². The zero-order valence-corrected chi connectivity index (χ0v) is 22.5. The molecule has 200 valence electrons. The van der Waals surface area contributed by atoms with Crippen molar-refractivity contribution in [2.45, 2.75) is 23.5 Å². The van der Waals surface area contributed by atoms with Crippen molar-refractivity contribution < 1.29 is 22.7 Å². The van der Waals surface area contributed by atoms with Crippen molar-refractivity contribution in [3.05, 3.63) is 47.7 Å². The number of rotatable bonds is 7. The Bertz CT molecular complexity index is 1430. The fourth-order valence-corrected chi connectivity index (χ4v) is 6.28. The maximum absolute atomic E-state index is 13.6. The summed E-state index contributed by atoms with van der Waals surface area (Å²) in [5, 5.41) is 12.8. The van der Waals surface area contributed by atoms with Crippen LogP contribution < -0.4 is 30.5 Å². The molecule has 1 saturated carbocycles. The molecule has 3 heterocycles. The minimum atomic E-state index is -4.35. The van der Waals surface area contributed by atoms with Gasteiger partial charge in [-0.05, 0) is 0 Å². The van der Waals surface area contributed by atoms with Crippen molar-refractivity contribution in [1.29, 1.82) is 0 Å². The maximum atomic E-state index is 13.6. The number of nitrogens with one attached hydrogen (secondary N) is 4. The molecule has 4 N–H and O–H groups in total. The monoisotopic (exact) mass is 592 g/mol. The summed E-state index contributed by atoms with van der Waals surface area (Å²) < 4.78 is 47.7. The summed E-state index contributed by atoms with van der Waals surface area (Å²) in [6.45, 7) is 1.95. The quantitative estimate of drug-likeness (QED) is 0.249. The Morgan fingerprint density at radius 3 is 2.92 bits per heavy atom. The number of ether oxygens (including phenoxy) is 1. The molecule has 0 radical (unpaired) electrons. The number of aromatic nitrogens is 2. The molecular formula is C26H27F3N6O2Se. The van der Waals surface area contributed by atoms with Gasteiger partial charge in [0.05, 0.1) is 0 Å². The van der Waals surface area contributed by atoms with Crippen molar-refractivity contribution in [3.8, 4) is 17.6 Å². The number of benzene rings is 1. The molecule has 5 rings (SSSR count). The molecule has 2 aromatic heterocycles. The van der Waals surface area contributed by atoms with E-state index in [0.29, 0.717) is 34.3 Å².